The van der Waals surface area contributed by atoms with Gasteiger partial charge in [0.1, 0.15) is 10.1 Å². The van der Waals surface area contributed by atoms with Crippen molar-refractivity contribution in [2.75, 3.05) is 13.1 Å². The Balaban J connectivity index is 0. The number of hydrogen-bond acceptors (Lipinski definition) is 5. The van der Waals surface area contributed by atoms with Gasteiger partial charge in [0.05, 0.1) is 5.37 Å². The Kier molecular flexibility index (Phi) is 9.42. The SMILES string of the molecule is CC(NCCN)S(=O)(=O)[O-].[K+]. The van der Waals surface area contributed by atoms with Gasteiger partial charge in [0, 0.05) is 13.1 Å². The van der Waals surface area contributed by atoms with E-state index in [1.54, 1.807) is 0 Å². The van der Waals surface area contributed by atoms with Crippen LogP contribution in [0.2, 0.25) is 0 Å². The Labute approximate surface area is 109 Å². The van der Waals surface area contributed by atoms with E-state index in [1.165, 1.54) is 6.92 Å². The Morgan fingerprint density at radius 2 is 2.09 bits per heavy atom. The minimum atomic E-state index is -4.19. The van der Waals surface area contributed by atoms with Gasteiger partial charge in [-0.1, -0.05) is 0 Å². The van der Waals surface area contributed by atoms with Gasteiger partial charge in [-0.3, -0.25) is 0 Å². The summed E-state index contributed by atoms with van der Waals surface area (Å²) in [6.07, 6.45) is 0. The van der Waals surface area contributed by atoms with E-state index in [0.717, 1.165) is 0 Å². The fourth-order valence-corrected chi connectivity index (χ4v) is 0.711. The van der Waals surface area contributed by atoms with Crippen LogP contribution < -0.4 is 62.4 Å². The summed E-state index contributed by atoms with van der Waals surface area (Å²) in [6.45, 7) is 1.94. The molecule has 62 valence electrons. The molecule has 0 saturated heterocycles. The summed E-state index contributed by atoms with van der Waals surface area (Å²) in [4.78, 5) is 0. The van der Waals surface area contributed by atoms with Gasteiger partial charge in [-0.15, -0.1) is 0 Å². The molecule has 0 aromatic rings. The molecule has 1 atom stereocenters. The van der Waals surface area contributed by atoms with Gasteiger partial charge in [0.2, 0.25) is 0 Å². The first-order valence-corrected chi connectivity index (χ1v) is 4.33. The topological polar surface area (TPSA) is 95.2 Å². The van der Waals surface area contributed by atoms with Crippen molar-refractivity contribution in [3.8, 4) is 0 Å². The van der Waals surface area contributed by atoms with Crippen molar-refractivity contribution in [1.29, 1.82) is 0 Å². The van der Waals surface area contributed by atoms with Crippen LogP contribution in [0, 0.1) is 0 Å². The molecule has 11 heavy (non-hydrogen) atoms. The molecule has 0 aliphatic heterocycles. The monoisotopic (exact) mass is 206 g/mol. The molecule has 0 rings (SSSR count). The molecule has 7 heteroatoms. The molecule has 0 spiro atoms. The molecule has 0 heterocycles. The largest absolute Gasteiger partial charge is 1.00 e. The van der Waals surface area contributed by atoms with Gasteiger partial charge < -0.3 is 15.6 Å². The Hall–Kier alpha value is 1.47. The zero-order valence-corrected chi connectivity index (χ0v) is 10.6. The molecule has 5 nitrogen and oxygen atoms in total. The van der Waals surface area contributed by atoms with Crippen molar-refractivity contribution in [3.63, 3.8) is 0 Å². The molecular weight excluding hydrogens is 195 g/mol. The second kappa shape index (κ2) is 6.93. The summed E-state index contributed by atoms with van der Waals surface area (Å²) in [7, 11) is -4.19. The minimum Gasteiger partial charge on any atom is -0.747 e. The molecule has 3 N–H and O–H groups in total. The third-order valence-electron chi connectivity index (χ3n) is 1.01. The maximum Gasteiger partial charge on any atom is 1.00 e. The van der Waals surface area contributed by atoms with E-state index in [1.807, 2.05) is 0 Å². The molecular formula is C4H11KN2O3S. The Morgan fingerprint density at radius 3 is 2.36 bits per heavy atom. The van der Waals surface area contributed by atoms with Crippen LogP contribution in [0.5, 0.6) is 0 Å². The fraction of sp³-hybridized carbons (Fsp3) is 1.00. The van der Waals surface area contributed by atoms with Gasteiger partial charge in [0.15, 0.2) is 0 Å². The maximum absolute atomic E-state index is 10.2. The first kappa shape index (κ1) is 15.0. The van der Waals surface area contributed by atoms with Gasteiger partial charge in [-0.05, 0) is 6.92 Å². The van der Waals surface area contributed by atoms with Gasteiger partial charge >= 0.3 is 51.4 Å². The maximum atomic E-state index is 10.2. The van der Waals surface area contributed by atoms with E-state index in [4.69, 9.17) is 5.73 Å². The Bertz CT molecular complexity index is 182. The van der Waals surface area contributed by atoms with Crippen molar-refractivity contribution in [2.24, 2.45) is 5.73 Å². The second-order valence-corrected chi connectivity index (χ2v) is 3.57. The van der Waals surface area contributed by atoms with Crippen molar-refractivity contribution in [1.82, 2.24) is 5.32 Å². The summed E-state index contributed by atoms with van der Waals surface area (Å²) in [5, 5.41) is 1.40. The normalized spacial score (nSPS) is 13.7. The van der Waals surface area contributed by atoms with Crippen LogP contribution in [0.3, 0.4) is 0 Å². The third-order valence-corrected chi connectivity index (χ3v) is 2.04. The number of nitrogens with two attached hydrogens (primary N) is 1. The zero-order valence-electron chi connectivity index (χ0n) is 6.70. The van der Waals surface area contributed by atoms with E-state index in [2.05, 4.69) is 5.32 Å². The van der Waals surface area contributed by atoms with E-state index < -0.39 is 15.5 Å². The summed E-state index contributed by atoms with van der Waals surface area (Å²) in [6, 6.07) is 0. The van der Waals surface area contributed by atoms with E-state index in [9.17, 15) is 13.0 Å². The Morgan fingerprint density at radius 1 is 1.64 bits per heavy atom. The molecule has 0 aliphatic rings. The van der Waals surface area contributed by atoms with Gasteiger partial charge in [0.25, 0.3) is 0 Å². The molecule has 1 unspecified atom stereocenters. The van der Waals surface area contributed by atoms with Crippen molar-refractivity contribution in [2.45, 2.75) is 12.3 Å². The summed E-state index contributed by atoms with van der Waals surface area (Å²) in [5.74, 6) is 0. The molecule has 0 radical (unpaired) electrons. The zero-order chi connectivity index (χ0) is 8.20. The number of hydrogen-bond donors (Lipinski definition) is 2. The molecule has 0 bridgehead atoms. The van der Waals surface area contributed by atoms with E-state index in [-0.39, 0.29) is 51.4 Å². The molecule has 0 fully saturated rings. The van der Waals surface area contributed by atoms with Crippen LogP contribution in [-0.4, -0.2) is 31.4 Å². The molecule has 0 aromatic heterocycles. The summed E-state index contributed by atoms with van der Waals surface area (Å²) >= 11 is 0. The van der Waals surface area contributed by atoms with Crippen LogP contribution >= 0.6 is 0 Å². The fourth-order valence-electron chi connectivity index (χ4n) is 0.389. The predicted molar refractivity (Wildman–Crippen MR) is 36.2 cm³/mol. The van der Waals surface area contributed by atoms with Crippen molar-refractivity contribution in [3.05, 3.63) is 0 Å². The molecule has 0 aliphatic carbocycles. The van der Waals surface area contributed by atoms with Crippen LogP contribution in [0.4, 0.5) is 0 Å². The average Bonchev–Trinajstić information content (AvgIpc) is 1.80. The van der Waals surface area contributed by atoms with Crippen LogP contribution in [0.15, 0.2) is 0 Å². The van der Waals surface area contributed by atoms with E-state index in [0.29, 0.717) is 13.1 Å². The quantitative estimate of drug-likeness (QED) is 0.357. The number of nitrogens with one attached hydrogen (secondary N) is 1. The van der Waals surface area contributed by atoms with Crippen LogP contribution in [0.25, 0.3) is 0 Å². The second-order valence-electron chi connectivity index (χ2n) is 1.88. The van der Waals surface area contributed by atoms with Crippen molar-refractivity contribution >= 4 is 10.1 Å². The van der Waals surface area contributed by atoms with Crippen LogP contribution in [0.1, 0.15) is 6.92 Å². The molecule has 0 aromatic carbocycles. The first-order valence-electron chi connectivity index (χ1n) is 2.86. The van der Waals surface area contributed by atoms with Crippen LogP contribution in [-0.2, 0) is 10.1 Å². The predicted octanol–water partition coefficient (Wildman–Crippen LogP) is -4.57. The first-order chi connectivity index (χ1) is 4.48. The third kappa shape index (κ3) is 7.82. The number of rotatable bonds is 4. The smallest absolute Gasteiger partial charge is 0.747 e. The summed E-state index contributed by atoms with van der Waals surface area (Å²) < 4.78 is 30.5. The summed E-state index contributed by atoms with van der Waals surface area (Å²) in [5.41, 5.74) is 5.06. The van der Waals surface area contributed by atoms with E-state index >= 15 is 0 Å². The molecule has 0 saturated carbocycles. The average molecular weight is 206 g/mol. The molecule has 0 amide bonds. The van der Waals surface area contributed by atoms with Gasteiger partial charge in [-0.2, -0.15) is 0 Å². The van der Waals surface area contributed by atoms with Gasteiger partial charge in [-0.25, -0.2) is 8.42 Å². The minimum absolute atomic E-state index is 0. The standard InChI is InChI=1S/C4H12N2O3S.K/c1-4(6-3-2-5)10(7,8)9;/h4,6H,2-3,5H2,1H3,(H,7,8,9);/q;+1/p-1. The van der Waals surface area contributed by atoms with Crippen molar-refractivity contribution < 1.29 is 64.4 Å².